The molecule has 0 saturated heterocycles. The minimum atomic E-state index is -0.936. The van der Waals surface area contributed by atoms with Crippen molar-refractivity contribution < 1.29 is 14.7 Å². The van der Waals surface area contributed by atoms with Gasteiger partial charge in [-0.1, -0.05) is 18.5 Å². The Morgan fingerprint density at radius 1 is 1.53 bits per heavy atom. The zero-order valence-corrected chi connectivity index (χ0v) is 10.3. The molecule has 0 aliphatic rings. The molecule has 0 aromatic carbocycles. The van der Waals surface area contributed by atoms with Crippen molar-refractivity contribution in [3.63, 3.8) is 0 Å². The Bertz CT molecular complexity index is 419. The number of aromatic nitrogens is 1. The molecule has 0 aliphatic carbocycles. The van der Waals surface area contributed by atoms with Gasteiger partial charge in [-0.05, 0) is 12.1 Å². The molecule has 1 aromatic rings. The van der Waals surface area contributed by atoms with E-state index in [9.17, 15) is 9.59 Å². The van der Waals surface area contributed by atoms with Gasteiger partial charge in [0.05, 0.1) is 10.9 Å². The molecule has 5 nitrogen and oxygen atoms in total. The maximum Gasteiger partial charge on any atom is 0.308 e. The van der Waals surface area contributed by atoms with Crippen molar-refractivity contribution in [3.8, 4) is 0 Å². The SMILES string of the molecule is CC(CN(C)C(=O)c1ccc(Cl)cn1)C(=O)O. The van der Waals surface area contributed by atoms with Gasteiger partial charge in [0.2, 0.25) is 0 Å². The standard InChI is InChI=1S/C11H13ClN2O3/c1-7(11(16)17)6-14(2)10(15)9-4-3-8(12)5-13-9/h3-5,7H,6H2,1-2H3,(H,16,17). The number of carboxylic acids is 1. The first-order valence-electron chi connectivity index (χ1n) is 5.01. The molecule has 17 heavy (non-hydrogen) atoms. The summed E-state index contributed by atoms with van der Waals surface area (Å²) in [6.45, 7) is 1.68. The number of carboxylic acid groups (broad SMARTS) is 1. The van der Waals surface area contributed by atoms with Crippen molar-refractivity contribution in [1.82, 2.24) is 9.88 Å². The second-order valence-electron chi connectivity index (χ2n) is 3.79. The van der Waals surface area contributed by atoms with Crippen LogP contribution in [0, 0.1) is 5.92 Å². The van der Waals surface area contributed by atoms with Crippen molar-refractivity contribution in [3.05, 3.63) is 29.0 Å². The van der Waals surface area contributed by atoms with E-state index in [1.165, 1.54) is 24.2 Å². The van der Waals surface area contributed by atoms with Crippen LogP contribution < -0.4 is 0 Å². The number of carbonyl (C=O) groups excluding carboxylic acids is 1. The number of nitrogens with zero attached hydrogens (tertiary/aromatic N) is 2. The third-order valence-corrected chi connectivity index (χ3v) is 2.49. The molecule has 6 heteroatoms. The van der Waals surface area contributed by atoms with E-state index in [1.54, 1.807) is 13.0 Å². The summed E-state index contributed by atoms with van der Waals surface area (Å²) in [5, 5.41) is 9.20. The molecule has 92 valence electrons. The van der Waals surface area contributed by atoms with E-state index in [0.29, 0.717) is 5.02 Å². The summed E-state index contributed by atoms with van der Waals surface area (Å²) in [5.41, 5.74) is 0.245. The molecule has 1 amide bonds. The van der Waals surface area contributed by atoms with E-state index in [1.807, 2.05) is 0 Å². The highest BCUT2D eigenvalue weighted by molar-refractivity contribution is 6.30. The molecule has 0 radical (unpaired) electrons. The van der Waals surface area contributed by atoms with Gasteiger partial charge >= 0.3 is 5.97 Å². The summed E-state index contributed by atoms with van der Waals surface area (Å²) < 4.78 is 0. The van der Waals surface area contributed by atoms with Gasteiger partial charge in [0.25, 0.3) is 5.91 Å². The number of amides is 1. The fraction of sp³-hybridized carbons (Fsp3) is 0.364. The fourth-order valence-electron chi connectivity index (χ4n) is 1.27. The highest BCUT2D eigenvalue weighted by Crippen LogP contribution is 2.08. The first kappa shape index (κ1) is 13.4. The summed E-state index contributed by atoms with van der Waals surface area (Å²) in [6, 6.07) is 3.07. The van der Waals surface area contributed by atoms with Gasteiger partial charge < -0.3 is 10.0 Å². The van der Waals surface area contributed by atoms with E-state index in [4.69, 9.17) is 16.7 Å². The van der Waals surface area contributed by atoms with Gasteiger partial charge in [0.1, 0.15) is 5.69 Å². The Hall–Kier alpha value is -1.62. The molecule has 1 atom stereocenters. The topological polar surface area (TPSA) is 70.5 Å². The third-order valence-electron chi connectivity index (χ3n) is 2.26. The van der Waals surface area contributed by atoms with Crippen molar-refractivity contribution in [2.45, 2.75) is 6.92 Å². The molecule has 1 rings (SSSR count). The van der Waals surface area contributed by atoms with Gasteiger partial charge in [-0.15, -0.1) is 0 Å². The normalized spacial score (nSPS) is 11.9. The molecule has 1 heterocycles. The molecule has 0 saturated carbocycles. The molecule has 1 unspecified atom stereocenters. The van der Waals surface area contributed by atoms with Crippen LogP contribution in [0.2, 0.25) is 5.02 Å². The molecule has 0 aliphatic heterocycles. The molecule has 1 aromatic heterocycles. The minimum absolute atomic E-state index is 0.137. The number of pyridine rings is 1. The lowest BCUT2D eigenvalue weighted by Crippen LogP contribution is -2.34. The first-order valence-corrected chi connectivity index (χ1v) is 5.39. The van der Waals surface area contributed by atoms with Crippen molar-refractivity contribution in [2.24, 2.45) is 5.92 Å². The van der Waals surface area contributed by atoms with E-state index in [0.717, 1.165) is 0 Å². The number of hydrogen-bond acceptors (Lipinski definition) is 3. The van der Waals surface area contributed by atoms with Crippen LogP contribution in [0.25, 0.3) is 0 Å². The summed E-state index contributed by atoms with van der Waals surface area (Å²) >= 11 is 5.66. The monoisotopic (exact) mass is 256 g/mol. The van der Waals surface area contributed by atoms with E-state index in [2.05, 4.69) is 4.98 Å². The second-order valence-corrected chi connectivity index (χ2v) is 4.22. The van der Waals surface area contributed by atoms with Crippen molar-refractivity contribution >= 4 is 23.5 Å². The van der Waals surface area contributed by atoms with Crippen molar-refractivity contribution in [2.75, 3.05) is 13.6 Å². The van der Waals surface area contributed by atoms with Gasteiger partial charge in [-0.2, -0.15) is 0 Å². The zero-order valence-electron chi connectivity index (χ0n) is 9.55. The van der Waals surface area contributed by atoms with Gasteiger partial charge in [0.15, 0.2) is 0 Å². The quantitative estimate of drug-likeness (QED) is 0.887. The summed E-state index contributed by atoms with van der Waals surface area (Å²) in [4.78, 5) is 27.7. The average Bonchev–Trinajstić information content (AvgIpc) is 2.28. The Balaban J connectivity index is 2.70. The predicted molar refractivity (Wildman–Crippen MR) is 63.0 cm³/mol. The van der Waals surface area contributed by atoms with Crippen LogP contribution in [0.4, 0.5) is 0 Å². The summed E-state index contributed by atoms with van der Waals surface area (Å²) in [6.07, 6.45) is 1.38. The molecular weight excluding hydrogens is 244 g/mol. The van der Waals surface area contributed by atoms with Crippen LogP contribution in [-0.2, 0) is 4.79 Å². The van der Waals surface area contributed by atoms with Crippen molar-refractivity contribution in [1.29, 1.82) is 0 Å². The molecular formula is C11H13ClN2O3. The fourth-order valence-corrected chi connectivity index (χ4v) is 1.38. The minimum Gasteiger partial charge on any atom is -0.481 e. The average molecular weight is 257 g/mol. The molecule has 0 bridgehead atoms. The zero-order chi connectivity index (χ0) is 13.0. The van der Waals surface area contributed by atoms with Gasteiger partial charge in [-0.25, -0.2) is 4.98 Å². The number of carbonyl (C=O) groups is 2. The van der Waals surface area contributed by atoms with Crippen LogP contribution in [0.5, 0.6) is 0 Å². The van der Waals surface area contributed by atoms with Crippen LogP contribution >= 0.6 is 11.6 Å². The molecule has 0 spiro atoms. The Morgan fingerprint density at radius 2 is 2.18 bits per heavy atom. The Labute approximate surface area is 104 Å². The van der Waals surface area contributed by atoms with Gasteiger partial charge in [0, 0.05) is 19.8 Å². The number of halogens is 1. The number of rotatable bonds is 4. The lowest BCUT2D eigenvalue weighted by atomic mass is 10.1. The second kappa shape index (κ2) is 5.63. The van der Waals surface area contributed by atoms with E-state index < -0.39 is 11.9 Å². The highest BCUT2D eigenvalue weighted by atomic mass is 35.5. The Kier molecular flexibility index (Phi) is 4.45. The van der Waals surface area contributed by atoms with Crippen LogP contribution in [-0.4, -0.2) is 40.5 Å². The predicted octanol–water partition coefficient (Wildman–Crippen LogP) is 1.53. The summed E-state index contributed by atoms with van der Waals surface area (Å²) in [7, 11) is 1.54. The van der Waals surface area contributed by atoms with Crippen LogP contribution in [0.3, 0.4) is 0 Å². The lowest BCUT2D eigenvalue weighted by Gasteiger charge is -2.18. The Morgan fingerprint density at radius 3 is 2.65 bits per heavy atom. The first-order chi connectivity index (χ1) is 7.91. The maximum absolute atomic E-state index is 11.8. The van der Waals surface area contributed by atoms with E-state index in [-0.39, 0.29) is 18.1 Å². The molecule has 1 N–H and O–H groups in total. The van der Waals surface area contributed by atoms with Crippen LogP contribution in [0.1, 0.15) is 17.4 Å². The smallest absolute Gasteiger partial charge is 0.308 e. The summed E-state index contributed by atoms with van der Waals surface area (Å²) in [5.74, 6) is -1.88. The number of aliphatic carboxylic acids is 1. The number of hydrogen-bond donors (Lipinski definition) is 1. The largest absolute Gasteiger partial charge is 0.481 e. The lowest BCUT2D eigenvalue weighted by molar-refractivity contribution is -0.141. The molecule has 0 fully saturated rings. The maximum atomic E-state index is 11.8. The highest BCUT2D eigenvalue weighted by Gasteiger charge is 2.19. The van der Waals surface area contributed by atoms with Crippen LogP contribution in [0.15, 0.2) is 18.3 Å². The van der Waals surface area contributed by atoms with E-state index >= 15 is 0 Å². The van der Waals surface area contributed by atoms with Gasteiger partial charge in [-0.3, -0.25) is 9.59 Å². The third kappa shape index (κ3) is 3.71.